The van der Waals surface area contributed by atoms with E-state index in [-0.39, 0.29) is 19.0 Å². The van der Waals surface area contributed by atoms with Gasteiger partial charge in [-0.3, -0.25) is 14.2 Å². The minimum Gasteiger partial charge on any atom is -0.508 e. The number of ether oxygens (including phenoxy) is 2. The Balaban J connectivity index is 2.02. The number of hydrogen-bond donors (Lipinski definition) is 1. The van der Waals surface area contributed by atoms with Crippen molar-refractivity contribution < 1.29 is 37.8 Å². The fourth-order valence-corrected chi connectivity index (χ4v) is 3.50. The Morgan fingerprint density at radius 2 is 1.43 bits per heavy atom. The maximum Gasteiger partial charge on any atom is 0.342 e. The number of rotatable bonds is 9. The van der Waals surface area contributed by atoms with Crippen LogP contribution in [0.5, 0.6) is 11.5 Å². The number of benzene rings is 2. The van der Waals surface area contributed by atoms with Crippen LogP contribution in [0.15, 0.2) is 48.5 Å². The summed E-state index contributed by atoms with van der Waals surface area (Å²) in [6.07, 6.45) is -0.535. The molecule has 2 aromatic rings. The highest BCUT2D eigenvalue weighted by atomic mass is 31.2. The lowest BCUT2D eigenvalue weighted by Crippen LogP contribution is -2.11. The van der Waals surface area contributed by atoms with Crippen molar-refractivity contribution in [1.82, 2.24) is 0 Å². The molecule has 0 fully saturated rings. The van der Waals surface area contributed by atoms with Gasteiger partial charge in [0.1, 0.15) is 17.7 Å². The number of carbonyl (C=O) groups is 2. The van der Waals surface area contributed by atoms with Crippen molar-refractivity contribution in [3.63, 3.8) is 0 Å². The summed E-state index contributed by atoms with van der Waals surface area (Å²) in [7, 11) is -2.61. The molecular weight excluding hydrogens is 387 g/mol. The summed E-state index contributed by atoms with van der Waals surface area (Å²) in [6, 6.07) is 12.6. The van der Waals surface area contributed by atoms with E-state index in [4.69, 9.17) is 13.8 Å². The minimum atomic E-state index is -3.79. The maximum absolute atomic E-state index is 12.9. The summed E-state index contributed by atoms with van der Waals surface area (Å²) >= 11 is 0. The van der Waals surface area contributed by atoms with E-state index in [1.54, 1.807) is 36.4 Å². The van der Waals surface area contributed by atoms with Crippen molar-refractivity contribution in [2.24, 2.45) is 0 Å². The Hall–Kier alpha value is -2.67. The zero-order chi connectivity index (χ0) is 20.6. The van der Waals surface area contributed by atoms with Crippen LogP contribution in [0.3, 0.4) is 0 Å². The van der Waals surface area contributed by atoms with Gasteiger partial charge in [0.05, 0.1) is 20.3 Å². The first-order valence-electron chi connectivity index (χ1n) is 8.30. The van der Waals surface area contributed by atoms with E-state index < -0.39 is 25.7 Å². The van der Waals surface area contributed by atoms with E-state index in [9.17, 15) is 19.3 Å². The van der Waals surface area contributed by atoms with E-state index in [0.29, 0.717) is 16.9 Å². The van der Waals surface area contributed by atoms with Crippen LogP contribution in [-0.2, 0) is 41.2 Å². The Morgan fingerprint density at radius 3 is 1.89 bits per heavy atom. The SMILES string of the molecule is COC(=O)CP(=O)(OCc1ccc(O)cc1)OCc1ccc(OC(C)=O)cc1. The highest BCUT2D eigenvalue weighted by molar-refractivity contribution is 7.54. The molecule has 9 heteroatoms. The molecule has 0 aliphatic carbocycles. The lowest BCUT2D eigenvalue weighted by atomic mass is 10.2. The average Bonchev–Trinajstić information content (AvgIpc) is 2.66. The molecular formula is C19H21O8P. The quantitative estimate of drug-likeness (QED) is 0.382. The normalized spacial score (nSPS) is 12.8. The van der Waals surface area contributed by atoms with Gasteiger partial charge in [-0.05, 0) is 35.4 Å². The first-order chi connectivity index (χ1) is 13.3. The number of phenolic OH excluding ortho intramolecular Hbond substituents is 1. The van der Waals surface area contributed by atoms with Crippen molar-refractivity contribution in [2.45, 2.75) is 20.1 Å². The topological polar surface area (TPSA) is 108 Å². The summed E-state index contributed by atoms with van der Waals surface area (Å²) in [5, 5.41) is 9.30. The van der Waals surface area contributed by atoms with Crippen LogP contribution in [0.2, 0.25) is 0 Å². The molecule has 8 nitrogen and oxygen atoms in total. The van der Waals surface area contributed by atoms with Gasteiger partial charge < -0.3 is 23.6 Å². The first-order valence-corrected chi connectivity index (χ1v) is 10.0. The predicted molar refractivity (Wildman–Crippen MR) is 99.9 cm³/mol. The van der Waals surface area contributed by atoms with Crippen LogP contribution < -0.4 is 4.74 Å². The van der Waals surface area contributed by atoms with E-state index in [1.807, 2.05) is 0 Å². The smallest absolute Gasteiger partial charge is 0.342 e. The molecule has 0 saturated heterocycles. The molecule has 1 atom stereocenters. The minimum absolute atomic E-state index is 0.0695. The molecule has 0 spiro atoms. The molecule has 0 radical (unpaired) electrons. The number of hydrogen-bond acceptors (Lipinski definition) is 8. The number of phenols is 1. The maximum atomic E-state index is 12.9. The van der Waals surface area contributed by atoms with Crippen LogP contribution in [0.1, 0.15) is 18.1 Å². The van der Waals surface area contributed by atoms with Crippen LogP contribution in [0.4, 0.5) is 0 Å². The monoisotopic (exact) mass is 408 g/mol. The Bertz CT molecular complexity index is 845. The highest BCUT2D eigenvalue weighted by Gasteiger charge is 2.29. The van der Waals surface area contributed by atoms with Gasteiger partial charge in [0.25, 0.3) is 0 Å². The van der Waals surface area contributed by atoms with Crippen LogP contribution in [0, 0.1) is 0 Å². The highest BCUT2D eigenvalue weighted by Crippen LogP contribution is 2.49. The van der Waals surface area contributed by atoms with Gasteiger partial charge in [0.2, 0.25) is 0 Å². The second kappa shape index (κ2) is 10.0. The van der Waals surface area contributed by atoms with Gasteiger partial charge in [-0.25, -0.2) is 0 Å². The molecule has 1 unspecified atom stereocenters. The zero-order valence-electron chi connectivity index (χ0n) is 15.5. The summed E-state index contributed by atoms with van der Waals surface area (Å²) in [5.74, 6) is -0.694. The third-order valence-electron chi connectivity index (χ3n) is 3.53. The van der Waals surface area contributed by atoms with Crippen molar-refractivity contribution in [1.29, 1.82) is 0 Å². The number of aromatic hydroxyl groups is 1. The fourth-order valence-electron chi connectivity index (χ4n) is 2.11. The standard InChI is InChI=1S/C19H21O8P/c1-14(20)27-18-9-5-16(6-10-18)12-26-28(23,13-19(22)24-2)25-11-15-3-7-17(21)8-4-15/h3-10,21H,11-13H2,1-2H3. The molecule has 0 aliphatic heterocycles. The third kappa shape index (κ3) is 7.15. The molecule has 2 rings (SSSR count). The van der Waals surface area contributed by atoms with Crippen molar-refractivity contribution in [2.75, 3.05) is 13.3 Å². The molecule has 0 amide bonds. The summed E-state index contributed by atoms with van der Waals surface area (Å²) in [6.45, 7) is 1.15. The molecule has 0 aliphatic rings. The van der Waals surface area contributed by atoms with Gasteiger partial charge in [-0.15, -0.1) is 0 Å². The molecule has 0 aromatic heterocycles. The molecule has 2 aromatic carbocycles. The van der Waals surface area contributed by atoms with Gasteiger partial charge in [0.15, 0.2) is 0 Å². The van der Waals surface area contributed by atoms with Gasteiger partial charge >= 0.3 is 19.5 Å². The largest absolute Gasteiger partial charge is 0.508 e. The van der Waals surface area contributed by atoms with E-state index in [2.05, 4.69) is 4.74 Å². The van der Waals surface area contributed by atoms with E-state index >= 15 is 0 Å². The second-order valence-electron chi connectivity index (χ2n) is 5.80. The average molecular weight is 408 g/mol. The third-order valence-corrected chi connectivity index (χ3v) is 5.22. The van der Waals surface area contributed by atoms with E-state index in [0.717, 1.165) is 0 Å². The second-order valence-corrected chi connectivity index (χ2v) is 7.85. The Morgan fingerprint density at radius 1 is 0.929 bits per heavy atom. The number of methoxy groups -OCH3 is 1. The lowest BCUT2D eigenvalue weighted by molar-refractivity contribution is -0.138. The van der Waals surface area contributed by atoms with Gasteiger partial charge in [-0.2, -0.15) is 0 Å². The summed E-state index contributed by atoms with van der Waals surface area (Å²) in [4.78, 5) is 22.5. The van der Waals surface area contributed by atoms with Gasteiger partial charge in [-0.1, -0.05) is 24.3 Å². The lowest BCUT2D eigenvalue weighted by Gasteiger charge is -2.18. The number of esters is 2. The Labute approximate surface area is 162 Å². The molecule has 0 saturated carbocycles. The van der Waals surface area contributed by atoms with Crippen molar-refractivity contribution in [3.8, 4) is 11.5 Å². The molecule has 1 N–H and O–H groups in total. The summed E-state index contributed by atoms with van der Waals surface area (Å²) < 4.78 is 33.3. The summed E-state index contributed by atoms with van der Waals surface area (Å²) in [5.41, 5.74) is 1.30. The molecule has 0 heterocycles. The van der Waals surface area contributed by atoms with Crippen molar-refractivity contribution >= 4 is 19.5 Å². The van der Waals surface area contributed by atoms with Gasteiger partial charge in [0, 0.05) is 6.92 Å². The van der Waals surface area contributed by atoms with Crippen LogP contribution >= 0.6 is 7.60 Å². The number of carbonyl (C=O) groups excluding carboxylic acids is 2. The Kier molecular flexibility index (Phi) is 7.75. The van der Waals surface area contributed by atoms with Crippen LogP contribution in [0.25, 0.3) is 0 Å². The predicted octanol–water partition coefficient (Wildman–Crippen LogP) is 3.42. The van der Waals surface area contributed by atoms with E-state index in [1.165, 1.54) is 26.2 Å². The van der Waals surface area contributed by atoms with Crippen molar-refractivity contribution in [3.05, 3.63) is 59.7 Å². The molecule has 28 heavy (non-hydrogen) atoms. The molecule has 150 valence electrons. The van der Waals surface area contributed by atoms with Crippen LogP contribution in [-0.4, -0.2) is 30.3 Å². The zero-order valence-corrected chi connectivity index (χ0v) is 16.4. The first kappa shape index (κ1) is 21.6. The molecule has 0 bridgehead atoms. The fraction of sp³-hybridized carbons (Fsp3) is 0.263.